The fourth-order valence-electron chi connectivity index (χ4n) is 2.83. The van der Waals surface area contributed by atoms with Crippen LogP contribution >= 0.6 is 0 Å². The number of Topliss-reactive ketones (excluding diaryl/α,β-unsaturated/α-hetero) is 1. The highest BCUT2D eigenvalue weighted by atomic mass is 16.5. The number of unbranched alkanes of at least 4 members (excludes halogenated alkanes) is 2. The quantitative estimate of drug-likeness (QED) is 0.670. The van der Waals surface area contributed by atoms with E-state index in [1.165, 1.54) is 0 Å². The molecule has 2 saturated heterocycles. The molecule has 2 heterocycles. The van der Waals surface area contributed by atoms with Crippen LogP contribution in [0.25, 0.3) is 0 Å². The van der Waals surface area contributed by atoms with Crippen LogP contribution in [0.4, 0.5) is 0 Å². The molecule has 0 spiro atoms. The maximum atomic E-state index is 11.9. The second-order valence-electron chi connectivity index (χ2n) is 4.96. The van der Waals surface area contributed by atoms with E-state index in [9.17, 15) is 4.79 Å². The molecule has 0 N–H and O–H groups in total. The van der Waals surface area contributed by atoms with Gasteiger partial charge >= 0.3 is 0 Å². The van der Waals surface area contributed by atoms with Gasteiger partial charge in [-0.25, -0.2) is 0 Å². The van der Waals surface area contributed by atoms with Crippen LogP contribution in [0, 0.1) is 17.2 Å². The third-order valence-corrected chi connectivity index (χ3v) is 3.71. The van der Waals surface area contributed by atoms with Crippen LogP contribution in [0.5, 0.6) is 0 Å². The maximum Gasteiger partial charge on any atom is 0.136 e. The van der Waals surface area contributed by atoms with E-state index in [-0.39, 0.29) is 5.92 Å². The van der Waals surface area contributed by atoms with Gasteiger partial charge in [0.1, 0.15) is 5.78 Å². The SMILES string of the molecule is N#CCCCCC(=O)C1CC2CCC(C1)O2. The standard InChI is InChI=1S/C13H19NO2/c14-7-3-1-2-4-13(15)10-8-11-5-6-12(9-10)16-11/h10-12H,1-6,8-9H2. The highest BCUT2D eigenvalue weighted by Gasteiger charge is 2.37. The summed E-state index contributed by atoms with van der Waals surface area (Å²) in [6.45, 7) is 0. The van der Waals surface area contributed by atoms with E-state index < -0.39 is 0 Å². The van der Waals surface area contributed by atoms with Crippen molar-refractivity contribution in [2.75, 3.05) is 0 Å². The average Bonchev–Trinajstić information content (AvgIpc) is 2.63. The molecular formula is C13H19NO2. The van der Waals surface area contributed by atoms with Gasteiger partial charge in [-0.15, -0.1) is 0 Å². The number of carbonyl (C=O) groups excluding carboxylic acids is 1. The average molecular weight is 221 g/mol. The zero-order valence-electron chi connectivity index (χ0n) is 9.65. The number of hydrogen-bond donors (Lipinski definition) is 0. The van der Waals surface area contributed by atoms with Crippen molar-refractivity contribution >= 4 is 5.78 Å². The Balaban J connectivity index is 1.71. The summed E-state index contributed by atoms with van der Waals surface area (Å²) in [7, 11) is 0. The molecule has 2 fully saturated rings. The molecule has 2 bridgehead atoms. The Kier molecular flexibility index (Phi) is 3.95. The Morgan fingerprint density at radius 3 is 2.56 bits per heavy atom. The van der Waals surface area contributed by atoms with Crippen LogP contribution in [0.1, 0.15) is 51.4 Å². The Hall–Kier alpha value is -0.880. The lowest BCUT2D eigenvalue weighted by Crippen LogP contribution is -2.29. The van der Waals surface area contributed by atoms with Crippen LogP contribution in [-0.2, 0) is 9.53 Å². The van der Waals surface area contributed by atoms with Crippen molar-refractivity contribution in [3.8, 4) is 6.07 Å². The molecule has 0 aromatic rings. The van der Waals surface area contributed by atoms with Gasteiger partial charge in [-0.05, 0) is 38.5 Å². The van der Waals surface area contributed by atoms with E-state index in [0.717, 1.165) is 38.5 Å². The molecule has 0 radical (unpaired) electrons. The summed E-state index contributed by atoms with van der Waals surface area (Å²) in [4.78, 5) is 11.9. The fraction of sp³-hybridized carbons (Fsp3) is 0.846. The fourth-order valence-corrected chi connectivity index (χ4v) is 2.83. The van der Waals surface area contributed by atoms with Crippen molar-refractivity contribution in [2.24, 2.45) is 5.92 Å². The van der Waals surface area contributed by atoms with Gasteiger partial charge in [-0.2, -0.15) is 5.26 Å². The molecular weight excluding hydrogens is 202 g/mol. The van der Waals surface area contributed by atoms with E-state index in [1.54, 1.807) is 0 Å². The summed E-state index contributed by atoms with van der Waals surface area (Å²) < 4.78 is 5.73. The highest BCUT2D eigenvalue weighted by Crippen LogP contribution is 2.36. The molecule has 2 unspecified atom stereocenters. The van der Waals surface area contributed by atoms with Crippen molar-refractivity contribution in [2.45, 2.75) is 63.6 Å². The van der Waals surface area contributed by atoms with E-state index >= 15 is 0 Å². The Morgan fingerprint density at radius 1 is 1.25 bits per heavy atom. The summed E-state index contributed by atoms with van der Waals surface area (Å²) in [6.07, 6.45) is 7.83. The van der Waals surface area contributed by atoms with Gasteiger partial charge in [0, 0.05) is 18.8 Å². The van der Waals surface area contributed by atoms with Gasteiger partial charge in [-0.1, -0.05) is 0 Å². The Labute approximate surface area is 96.8 Å². The number of ketones is 1. The van der Waals surface area contributed by atoms with Crippen molar-refractivity contribution in [3.63, 3.8) is 0 Å². The Bertz CT molecular complexity index is 283. The molecule has 0 aromatic carbocycles. The number of nitriles is 1. The van der Waals surface area contributed by atoms with E-state index in [2.05, 4.69) is 6.07 Å². The summed E-state index contributed by atoms with van der Waals surface area (Å²) >= 11 is 0. The van der Waals surface area contributed by atoms with Gasteiger partial charge in [0.25, 0.3) is 0 Å². The summed E-state index contributed by atoms with van der Waals surface area (Å²) in [6, 6.07) is 2.11. The van der Waals surface area contributed by atoms with Gasteiger partial charge < -0.3 is 4.74 Å². The van der Waals surface area contributed by atoms with Crippen LogP contribution in [0.3, 0.4) is 0 Å². The van der Waals surface area contributed by atoms with Gasteiger partial charge in [0.05, 0.1) is 18.3 Å². The van der Waals surface area contributed by atoms with Crippen LogP contribution < -0.4 is 0 Å². The zero-order valence-corrected chi connectivity index (χ0v) is 9.65. The predicted octanol–water partition coefficient (Wildman–Crippen LogP) is 2.60. The normalized spacial score (nSPS) is 32.3. The molecule has 2 atom stereocenters. The van der Waals surface area contributed by atoms with Crippen molar-refractivity contribution in [1.82, 2.24) is 0 Å². The first-order chi connectivity index (χ1) is 7.79. The zero-order chi connectivity index (χ0) is 11.4. The third-order valence-electron chi connectivity index (χ3n) is 3.71. The minimum absolute atomic E-state index is 0.244. The maximum absolute atomic E-state index is 11.9. The molecule has 0 amide bonds. The molecule has 0 aliphatic carbocycles. The second kappa shape index (κ2) is 5.45. The molecule has 88 valence electrons. The van der Waals surface area contributed by atoms with Crippen molar-refractivity contribution < 1.29 is 9.53 Å². The topological polar surface area (TPSA) is 50.1 Å². The summed E-state index contributed by atoms with van der Waals surface area (Å²) in [5.41, 5.74) is 0. The lowest BCUT2D eigenvalue weighted by molar-refractivity contribution is -0.128. The lowest BCUT2D eigenvalue weighted by Gasteiger charge is -2.27. The second-order valence-corrected chi connectivity index (χ2v) is 4.96. The molecule has 2 aliphatic rings. The van der Waals surface area contributed by atoms with Gasteiger partial charge in [0.15, 0.2) is 0 Å². The number of fused-ring (bicyclic) bond motifs is 2. The minimum atomic E-state index is 0.244. The van der Waals surface area contributed by atoms with Crippen LogP contribution in [-0.4, -0.2) is 18.0 Å². The van der Waals surface area contributed by atoms with Crippen LogP contribution in [0.2, 0.25) is 0 Å². The molecule has 0 aromatic heterocycles. The van der Waals surface area contributed by atoms with E-state index in [0.29, 0.717) is 30.8 Å². The molecule has 3 nitrogen and oxygen atoms in total. The largest absolute Gasteiger partial charge is 0.375 e. The number of ether oxygens (including phenoxy) is 1. The summed E-state index contributed by atoms with van der Waals surface area (Å²) in [5.74, 6) is 0.645. The molecule has 3 heteroatoms. The smallest absolute Gasteiger partial charge is 0.136 e. The highest BCUT2D eigenvalue weighted by molar-refractivity contribution is 5.81. The first kappa shape index (κ1) is 11.6. The lowest BCUT2D eigenvalue weighted by atomic mass is 9.89. The number of rotatable bonds is 5. The van der Waals surface area contributed by atoms with Crippen molar-refractivity contribution in [3.05, 3.63) is 0 Å². The number of carbonyl (C=O) groups is 1. The van der Waals surface area contributed by atoms with E-state index in [4.69, 9.17) is 10.00 Å². The van der Waals surface area contributed by atoms with Crippen molar-refractivity contribution in [1.29, 1.82) is 5.26 Å². The monoisotopic (exact) mass is 221 g/mol. The Morgan fingerprint density at radius 2 is 1.94 bits per heavy atom. The molecule has 2 aliphatic heterocycles. The van der Waals surface area contributed by atoms with Gasteiger partial charge in [0.2, 0.25) is 0 Å². The number of nitrogens with zero attached hydrogens (tertiary/aromatic N) is 1. The van der Waals surface area contributed by atoms with E-state index in [1.807, 2.05) is 0 Å². The molecule has 2 rings (SSSR count). The minimum Gasteiger partial charge on any atom is -0.375 e. The molecule has 16 heavy (non-hydrogen) atoms. The van der Waals surface area contributed by atoms with Gasteiger partial charge in [-0.3, -0.25) is 4.79 Å². The molecule has 0 saturated carbocycles. The first-order valence-corrected chi connectivity index (χ1v) is 6.34. The third kappa shape index (κ3) is 2.82. The predicted molar refractivity (Wildman–Crippen MR) is 59.7 cm³/mol. The summed E-state index contributed by atoms with van der Waals surface area (Å²) in [5, 5.41) is 8.41. The van der Waals surface area contributed by atoms with Crippen LogP contribution in [0.15, 0.2) is 0 Å². The first-order valence-electron chi connectivity index (χ1n) is 6.34. The number of hydrogen-bond acceptors (Lipinski definition) is 3.